The summed E-state index contributed by atoms with van der Waals surface area (Å²) in [5, 5.41) is 2.90. The highest BCUT2D eigenvalue weighted by Crippen LogP contribution is 2.28. The maximum absolute atomic E-state index is 12.9. The molecule has 0 radical (unpaired) electrons. The molecular formula is C38H36FN3O5. The van der Waals surface area contributed by atoms with Gasteiger partial charge in [-0.25, -0.2) is 9.37 Å². The fraction of sp³-hybridized carbons (Fsp3) is 0.184. The van der Waals surface area contributed by atoms with Crippen LogP contribution in [0.4, 0.5) is 10.1 Å². The van der Waals surface area contributed by atoms with Crippen LogP contribution >= 0.6 is 0 Å². The van der Waals surface area contributed by atoms with Gasteiger partial charge in [0, 0.05) is 30.0 Å². The normalized spacial score (nSPS) is 12.7. The number of pyridine rings is 1. The Kier molecular flexibility index (Phi) is 11.3. The highest BCUT2D eigenvalue weighted by atomic mass is 19.1. The average molecular weight is 634 g/mol. The molecule has 5 aromatic rings. The van der Waals surface area contributed by atoms with Crippen molar-refractivity contribution in [2.75, 3.05) is 25.4 Å². The van der Waals surface area contributed by atoms with Crippen LogP contribution in [0.3, 0.4) is 0 Å². The first-order chi connectivity index (χ1) is 22.9. The third kappa shape index (κ3) is 9.02. The third-order valence-corrected chi connectivity index (χ3v) is 7.67. The number of aromatic nitrogens is 1. The van der Waals surface area contributed by atoms with E-state index in [1.165, 1.54) is 0 Å². The van der Waals surface area contributed by atoms with Gasteiger partial charge >= 0.3 is 0 Å². The zero-order chi connectivity index (χ0) is 33.0. The zero-order valence-corrected chi connectivity index (χ0v) is 26.0. The number of halogens is 1. The zero-order valence-electron chi connectivity index (χ0n) is 26.0. The van der Waals surface area contributed by atoms with Crippen molar-refractivity contribution in [1.29, 1.82) is 0 Å². The summed E-state index contributed by atoms with van der Waals surface area (Å²) in [6, 6.07) is 33.4. The Balaban J connectivity index is 0.000000241. The van der Waals surface area contributed by atoms with Gasteiger partial charge in [0.25, 0.3) is 5.91 Å². The molecule has 1 saturated heterocycles. The minimum absolute atomic E-state index is 0.111. The standard InChI is InChI=1S/C25H25FN2O4.C13H11NO/c1-17-22(18-5-8-20(9-6-18)31-16-26)3-2-4-23(17)25(29)28-19-7-10-24(27-15-19)32-21-11-13-30-14-12-21;14-13(15)12-8-4-7-11(9-12)10-5-2-1-3-6-10/h2-10,15,21H,11-14,16H2,1H3,(H,28,29);1-9H,(H2,14,15). The van der Waals surface area contributed by atoms with Crippen LogP contribution in [0.25, 0.3) is 22.3 Å². The molecule has 2 amide bonds. The monoisotopic (exact) mass is 633 g/mol. The van der Waals surface area contributed by atoms with Gasteiger partial charge in [0.05, 0.1) is 25.1 Å². The van der Waals surface area contributed by atoms with Crippen molar-refractivity contribution < 1.29 is 28.2 Å². The van der Waals surface area contributed by atoms with Crippen LogP contribution in [-0.4, -0.2) is 43.0 Å². The molecule has 2 heterocycles. The molecule has 6 rings (SSSR count). The fourth-order valence-corrected chi connectivity index (χ4v) is 5.16. The van der Waals surface area contributed by atoms with Gasteiger partial charge in [-0.2, -0.15) is 0 Å². The molecule has 0 spiro atoms. The van der Waals surface area contributed by atoms with E-state index in [4.69, 9.17) is 19.9 Å². The molecule has 1 aliphatic rings. The Morgan fingerprint density at radius 2 is 1.60 bits per heavy atom. The summed E-state index contributed by atoms with van der Waals surface area (Å²) >= 11 is 0. The van der Waals surface area contributed by atoms with Crippen LogP contribution in [0.15, 0.2) is 115 Å². The summed E-state index contributed by atoms with van der Waals surface area (Å²) in [7, 11) is 0. The predicted molar refractivity (Wildman–Crippen MR) is 180 cm³/mol. The van der Waals surface area contributed by atoms with Crippen molar-refractivity contribution in [3.05, 3.63) is 132 Å². The Morgan fingerprint density at radius 3 is 2.28 bits per heavy atom. The van der Waals surface area contributed by atoms with E-state index < -0.39 is 12.8 Å². The van der Waals surface area contributed by atoms with Crippen molar-refractivity contribution in [3.8, 4) is 33.9 Å². The molecule has 4 aromatic carbocycles. The molecule has 0 unspecified atom stereocenters. The van der Waals surface area contributed by atoms with Gasteiger partial charge in [-0.15, -0.1) is 0 Å². The van der Waals surface area contributed by atoms with E-state index in [-0.39, 0.29) is 12.0 Å². The van der Waals surface area contributed by atoms with Crippen molar-refractivity contribution in [2.45, 2.75) is 25.9 Å². The summed E-state index contributed by atoms with van der Waals surface area (Å²) in [5.41, 5.74) is 11.7. The van der Waals surface area contributed by atoms with Crippen molar-refractivity contribution >= 4 is 17.5 Å². The second-order valence-electron chi connectivity index (χ2n) is 10.8. The Hall–Kier alpha value is -5.54. The smallest absolute Gasteiger partial charge is 0.255 e. The highest BCUT2D eigenvalue weighted by Gasteiger charge is 2.17. The summed E-state index contributed by atoms with van der Waals surface area (Å²) in [5.74, 6) is 0.377. The number of nitrogens with one attached hydrogen (secondary N) is 1. The molecule has 1 fully saturated rings. The molecule has 8 nitrogen and oxygen atoms in total. The van der Waals surface area contributed by atoms with Crippen LogP contribution in [0.2, 0.25) is 0 Å². The summed E-state index contributed by atoms with van der Waals surface area (Å²) in [4.78, 5) is 28.2. The van der Waals surface area contributed by atoms with E-state index in [1.807, 2.05) is 73.7 Å². The topological polar surface area (TPSA) is 113 Å². The van der Waals surface area contributed by atoms with Crippen molar-refractivity contribution in [1.82, 2.24) is 4.98 Å². The lowest BCUT2D eigenvalue weighted by Crippen LogP contribution is -2.26. The lowest BCUT2D eigenvalue weighted by Gasteiger charge is -2.22. The molecule has 240 valence electrons. The number of alkyl halides is 1. The average Bonchev–Trinajstić information content (AvgIpc) is 3.11. The van der Waals surface area contributed by atoms with E-state index in [0.717, 1.165) is 40.7 Å². The number of nitrogens with zero attached hydrogens (tertiary/aromatic N) is 1. The second-order valence-corrected chi connectivity index (χ2v) is 10.8. The molecule has 0 bridgehead atoms. The second kappa shape index (κ2) is 16.1. The largest absolute Gasteiger partial charge is 0.474 e. The highest BCUT2D eigenvalue weighted by molar-refractivity contribution is 6.06. The number of nitrogens with two attached hydrogens (primary N) is 1. The first-order valence-electron chi connectivity index (χ1n) is 15.3. The van der Waals surface area contributed by atoms with E-state index in [0.29, 0.717) is 41.7 Å². The Labute approximate surface area is 273 Å². The number of carbonyl (C=O) groups is 2. The van der Waals surface area contributed by atoms with Crippen LogP contribution < -0.4 is 20.5 Å². The van der Waals surface area contributed by atoms with E-state index >= 15 is 0 Å². The maximum Gasteiger partial charge on any atom is 0.255 e. The van der Waals surface area contributed by atoms with Gasteiger partial charge in [-0.3, -0.25) is 9.59 Å². The molecule has 9 heteroatoms. The van der Waals surface area contributed by atoms with Crippen molar-refractivity contribution in [2.24, 2.45) is 5.73 Å². The molecule has 0 aliphatic carbocycles. The van der Waals surface area contributed by atoms with Crippen molar-refractivity contribution in [3.63, 3.8) is 0 Å². The number of anilines is 1. The lowest BCUT2D eigenvalue weighted by atomic mass is 9.96. The maximum atomic E-state index is 12.9. The van der Waals surface area contributed by atoms with E-state index in [1.54, 1.807) is 48.7 Å². The quantitative estimate of drug-likeness (QED) is 0.173. The molecule has 1 aromatic heterocycles. The van der Waals surface area contributed by atoms with E-state index in [9.17, 15) is 14.0 Å². The van der Waals surface area contributed by atoms with E-state index in [2.05, 4.69) is 10.3 Å². The minimum atomic E-state index is -0.870. The number of rotatable bonds is 9. The van der Waals surface area contributed by atoms with Gasteiger partial charge in [-0.1, -0.05) is 66.7 Å². The first-order valence-corrected chi connectivity index (χ1v) is 15.3. The lowest BCUT2D eigenvalue weighted by molar-refractivity contribution is 0.0237. The summed E-state index contributed by atoms with van der Waals surface area (Å²) in [6.45, 7) is 2.43. The van der Waals surface area contributed by atoms with Crippen LogP contribution in [0.1, 0.15) is 39.1 Å². The molecule has 47 heavy (non-hydrogen) atoms. The summed E-state index contributed by atoms with van der Waals surface area (Å²) < 4.78 is 28.4. The minimum Gasteiger partial charge on any atom is -0.474 e. The van der Waals surface area contributed by atoms with Gasteiger partial charge in [0.15, 0.2) is 0 Å². The molecular weight excluding hydrogens is 597 g/mol. The number of primary amides is 1. The number of benzene rings is 4. The van der Waals surface area contributed by atoms with Gasteiger partial charge < -0.3 is 25.3 Å². The third-order valence-electron chi connectivity index (χ3n) is 7.67. The molecule has 0 atom stereocenters. The Morgan fingerprint density at radius 1 is 0.872 bits per heavy atom. The number of hydrogen-bond donors (Lipinski definition) is 2. The molecule has 0 saturated carbocycles. The predicted octanol–water partition coefficient (Wildman–Crippen LogP) is 7.63. The number of hydrogen-bond acceptors (Lipinski definition) is 6. The number of ether oxygens (including phenoxy) is 3. The number of amides is 2. The van der Waals surface area contributed by atoms with Crippen LogP contribution in [0, 0.1) is 6.92 Å². The SMILES string of the molecule is Cc1c(C(=O)Nc2ccc(OC3CCOCC3)nc2)cccc1-c1ccc(OCF)cc1.NC(=O)c1cccc(-c2ccccc2)c1. The van der Waals surface area contributed by atoms with Gasteiger partial charge in [0.1, 0.15) is 11.9 Å². The van der Waals surface area contributed by atoms with Crippen LogP contribution in [-0.2, 0) is 4.74 Å². The number of carbonyl (C=O) groups excluding carboxylic acids is 2. The molecule has 3 N–H and O–H groups in total. The summed E-state index contributed by atoms with van der Waals surface area (Å²) in [6.07, 6.45) is 3.40. The van der Waals surface area contributed by atoms with Crippen LogP contribution in [0.5, 0.6) is 11.6 Å². The van der Waals surface area contributed by atoms with Gasteiger partial charge in [-0.05, 0) is 71.1 Å². The Bertz CT molecular complexity index is 1770. The first kappa shape index (κ1) is 32.8. The fourth-order valence-electron chi connectivity index (χ4n) is 5.16. The molecule has 1 aliphatic heterocycles. The van der Waals surface area contributed by atoms with Gasteiger partial charge in [0.2, 0.25) is 18.6 Å².